The Hall–Kier alpha value is -2.44. The van der Waals surface area contributed by atoms with Crippen LogP contribution >= 0.6 is 0 Å². The maximum absolute atomic E-state index is 12.6. The molecule has 0 N–H and O–H groups in total. The number of rotatable bonds is 7. The van der Waals surface area contributed by atoms with Crippen molar-refractivity contribution in [2.45, 2.75) is 6.54 Å². The first-order chi connectivity index (χ1) is 11.5. The largest absolute Gasteiger partial charge is 0.468 e. The number of hydrogen-bond acceptors (Lipinski definition) is 4. The molecule has 0 aliphatic carbocycles. The Labute approximate surface area is 142 Å². The van der Waals surface area contributed by atoms with E-state index >= 15 is 0 Å². The van der Waals surface area contributed by atoms with Crippen LogP contribution in [-0.2, 0) is 26.1 Å². The molecule has 2 aromatic rings. The molecule has 0 fully saturated rings. The molecule has 0 saturated heterocycles. The van der Waals surface area contributed by atoms with Gasteiger partial charge in [-0.05, 0) is 17.2 Å². The minimum absolute atomic E-state index is 0.0946. The lowest BCUT2D eigenvalue weighted by Crippen LogP contribution is -2.34. The fraction of sp³-hybridized carbons (Fsp3) is 0.167. The average molecular weight is 345 g/mol. The summed E-state index contributed by atoms with van der Waals surface area (Å²) in [6, 6.07) is 18.2. The van der Waals surface area contributed by atoms with Crippen LogP contribution in [0.5, 0.6) is 0 Å². The minimum Gasteiger partial charge on any atom is -0.468 e. The highest BCUT2D eigenvalue weighted by atomic mass is 32.2. The Kier molecular flexibility index (Phi) is 6.28. The van der Waals surface area contributed by atoms with Gasteiger partial charge in [-0.25, -0.2) is 8.42 Å². The van der Waals surface area contributed by atoms with Gasteiger partial charge in [-0.15, -0.1) is 0 Å². The fourth-order valence-corrected chi connectivity index (χ4v) is 3.16. The predicted molar refractivity (Wildman–Crippen MR) is 93.3 cm³/mol. The van der Waals surface area contributed by atoms with Crippen molar-refractivity contribution in [3.63, 3.8) is 0 Å². The number of esters is 1. The van der Waals surface area contributed by atoms with E-state index in [1.165, 1.54) is 13.2 Å². The molecule has 0 amide bonds. The molecule has 0 radical (unpaired) electrons. The van der Waals surface area contributed by atoms with Gasteiger partial charge >= 0.3 is 5.97 Å². The second-order valence-electron chi connectivity index (χ2n) is 5.09. The number of benzene rings is 2. The Morgan fingerprint density at radius 3 is 2.21 bits per heavy atom. The summed E-state index contributed by atoms with van der Waals surface area (Å²) >= 11 is 0. The summed E-state index contributed by atoms with van der Waals surface area (Å²) in [6.07, 6.45) is 1.50. The number of methoxy groups -OCH3 is 1. The van der Waals surface area contributed by atoms with Gasteiger partial charge in [0.25, 0.3) is 0 Å². The number of nitrogens with zero attached hydrogens (tertiary/aromatic N) is 1. The summed E-state index contributed by atoms with van der Waals surface area (Å²) in [5, 5.41) is 1.11. The van der Waals surface area contributed by atoms with E-state index in [0.29, 0.717) is 0 Å². The molecule has 0 aromatic heterocycles. The number of hydrogen-bond donors (Lipinski definition) is 0. The highest BCUT2D eigenvalue weighted by Crippen LogP contribution is 2.13. The molecule has 24 heavy (non-hydrogen) atoms. The third-order valence-electron chi connectivity index (χ3n) is 3.33. The van der Waals surface area contributed by atoms with Gasteiger partial charge < -0.3 is 4.74 Å². The Morgan fingerprint density at radius 2 is 1.62 bits per heavy atom. The molecule has 0 spiro atoms. The second-order valence-corrected chi connectivity index (χ2v) is 6.91. The molecule has 0 bridgehead atoms. The van der Waals surface area contributed by atoms with Gasteiger partial charge in [0.2, 0.25) is 10.0 Å². The standard InChI is InChI=1S/C18H19NO4S/c1-23-18(20)15-19(14-17-10-6-3-7-11-17)24(21,22)13-12-16-8-4-2-5-9-16/h2-13H,14-15H2,1H3/b13-12+. The number of carbonyl (C=O) groups is 1. The van der Waals surface area contributed by atoms with E-state index in [1.807, 2.05) is 36.4 Å². The van der Waals surface area contributed by atoms with Crippen LogP contribution in [0.2, 0.25) is 0 Å². The van der Waals surface area contributed by atoms with E-state index < -0.39 is 16.0 Å². The molecule has 126 valence electrons. The molecular formula is C18H19NO4S. The highest BCUT2D eigenvalue weighted by molar-refractivity contribution is 7.92. The maximum Gasteiger partial charge on any atom is 0.321 e. The average Bonchev–Trinajstić information content (AvgIpc) is 2.61. The van der Waals surface area contributed by atoms with E-state index in [9.17, 15) is 13.2 Å². The zero-order valence-electron chi connectivity index (χ0n) is 13.3. The van der Waals surface area contributed by atoms with Crippen LogP contribution in [0.3, 0.4) is 0 Å². The quantitative estimate of drug-likeness (QED) is 0.724. The summed E-state index contributed by atoms with van der Waals surface area (Å²) in [7, 11) is -2.54. The summed E-state index contributed by atoms with van der Waals surface area (Å²) < 4.78 is 30.9. The smallest absolute Gasteiger partial charge is 0.321 e. The van der Waals surface area contributed by atoms with Crippen molar-refractivity contribution in [2.24, 2.45) is 0 Å². The first-order valence-corrected chi connectivity index (χ1v) is 8.85. The van der Waals surface area contributed by atoms with Gasteiger partial charge in [0.05, 0.1) is 7.11 Å². The number of carbonyl (C=O) groups excluding carboxylic acids is 1. The zero-order valence-corrected chi connectivity index (χ0v) is 14.1. The SMILES string of the molecule is COC(=O)CN(Cc1ccccc1)S(=O)(=O)/C=C/c1ccccc1. The van der Waals surface area contributed by atoms with Gasteiger partial charge in [0, 0.05) is 12.0 Å². The van der Waals surface area contributed by atoms with Crippen LogP contribution < -0.4 is 0 Å². The monoisotopic (exact) mass is 345 g/mol. The molecule has 0 aliphatic rings. The summed E-state index contributed by atoms with van der Waals surface area (Å²) in [6.45, 7) is -0.246. The molecule has 0 heterocycles. The minimum atomic E-state index is -3.77. The summed E-state index contributed by atoms with van der Waals surface area (Å²) in [4.78, 5) is 11.6. The maximum atomic E-state index is 12.6. The molecule has 6 heteroatoms. The predicted octanol–water partition coefficient (Wildman–Crippen LogP) is 2.66. The van der Waals surface area contributed by atoms with E-state index in [-0.39, 0.29) is 13.1 Å². The zero-order chi connectivity index (χ0) is 17.4. The van der Waals surface area contributed by atoms with E-state index in [4.69, 9.17) is 0 Å². The third kappa shape index (κ3) is 5.33. The molecule has 0 atom stereocenters. The van der Waals surface area contributed by atoms with E-state index in [1.54, 1.807) is 24.3 Å². The van der Waals surface area contributed by atoms with E-state index in [0.717, 1.165) is 20.8 Å². The highest BCUT2D eigenvalue weighted by Gasteiger charge is 2.23. The van der Waals surface area contributed by atoms with Gasteiger partial charge in [-0.3, -0.25) is 4.79 Å². The van der Waals surface area contributed by atoms with Gasteiger partial charge in [-0.2, -0.15) is 4.31 Å². The molecule has 2 aromatic carbocycles. The molecule has 5 nitrogen and oxygen atoms in total. The van der Waals surface area contributed by atoms with Crippen molar-refractivity contribution in [3.8, 4) is 0 Å². The van der Waals surface area contributed by atoms with Crippen LogP contribution in [0.1, 0.15) is 11.1 Å². The lowest BCUT2D eigenvalue weighted by molar-refractivity contribution is -0.140. The number of sulfonamides is 1. The number of ether oxygens (including phenoxy) is 1. The van der Waals surface area contributed by atoms with Crippen molar-refractivity contribution >= 4 is 22.1 Å². The molecule has 2 rings (SSSR count). The fourth-order valence-electron chi connectivity index (χ4n) is 2.05. The van der Waals surface area contributed by atoms with Gasteiger partial charge in [-0.1, -0.05) is 60.7 Å². The van der Waals surface area contributed by atoms with Crippen molar-refractivity contribution in [3.05, 3.63) is 77.2 Å². The normalized spacial score (nSPS) is 11.8. The van der Waals surface area contributed by atoms with Crippen LogP contribution in [0.4, 0.5) is 0 Å². The van der Waals surface area contributed by atoms with Crippen LogP contribution in [0, 0.1) is 0 Å². The van der Waals surface area contributed by atoms with Crippen LogP contribution in [-0.4, -0.2) is 32.3 Å². The third-order valence-corrected chi connectivity index (χ3v) is 4.78. The van der Waals surface area contributed by atoms with Crippen LogP contribution in [0.15, 0.2) is 66.1 Å². The summed E-state index contributed by atoms with van der Waals surface area (Å²) in [5.74, 6) is -0.609. The van der Waals surface area contributed by atoms with Crippen molar-refractivity contribution in [1.82, 2.24) is 4.31 Å². The van der Waals surface area contributed by atoms with Gasteiger partial charge in [0.15, 0.2) is 0 Å². The van der Waals surface area contributed by atoms with Crippen molar-refractivity contribution < 1.29 is 17.9 Å². The summed E-state index contributed by atoms with van der Waals surface area (Å²) in [5.41, 5.74) is 1.55. The first-order valence-electron chi connectivity index (χ1n) is 7.35. The molecule has 0 unspecified atom stereocenters. The topological polar surface area (TPSA) is 63.7 Å². The second kappa shape index (κ2) is 8.42. The van der Waals surface area contributed by atoms with Gasteiger partial charge in [0.1, 0.15) is 6.54 Å². The Bertz CT molecular complexity index is 786. The molecule has 0 saturated carbocycles. The molecule has 0 aliphatic heterocycles. The van der Waals surface area contributed by atoms with E-state index in [2.05, 4.69) is 4.74 Å². The first kappa shape index (κ1) is 17.9. The van der Waals surface area contributed by atoms with Crippen LogP contribution in [0.25, 0.3) is 6.08 Å². The Morgan fingerprint density at radius 1 is 1.04 bits per heavy atom. The molecular weight excluding hydrogens is 326 g/mol. The van der Waals surface area contributed by atoms with Crippen molar-refractivity contribution in [2.75, 3.05) is 13.7 Å². The lowest BCUT2D eigenvalue weighted by atomic mass is 10.2. The lowest BCUT2D eigenvalue weighted by Gasteiger charge is -2.19. The Balaban J connectivity index is 2.23. The van der Waals surface area contributed by atoms with Crippen molar-refractivity contribution in [1.29, 1.82) is 0 Å².